The number of unbranched alkanes of at least 4 members (excludes halogenated alkanes) is 1. The molecule has 25 nitrogen and oxygen atoms in total. The van der Waals surface area contributed by atoms with Gasteiger partial charge in [0.15, 0.2) is 17.7 Å². The number of alkyl halides is 2. The molecule has 2 unspecified atom stereocenters. The SMILES string of the molecule is CNCCOCCOCCOCCOCCC=O.CNNC(=O)[C@]1(O)Cc2c(O)c3c(c(O)c2[C@@H](OC2CC[C@H](OC4COCCN4)[C@H](C)O2)C1)C(=O)c1c(OC)cccc1C3=O.CO.N/C(CBr)=C(/CBr)N(N)CCCC=O. The number of likely N-dealkylation sites (N-methyl/N-ethyl adjacent to an activating group) is 1. The molecule has 2 saturated heterocycles. The van der Waals surface area contributed by atoms with Crippen molar-refractivity contribution in [1.82, 2.24) is 26.5 Å². The van der Waals surface area contributed by atoms with E-state index in [0.717, 1.165) is 38.3 Å². The molecule has 1 amide bonds. The van der Waals surface area contributed by atoms with Crippen LogP contribution in [0.5, 0.6) is 17.2 Å². The second kappa shape index (κ2) is 37.7. The number of aliphatic hydroxyl groups excluding tert-OH is 1. The van der Waals surface area contributed by atoms with Crippen LogP contribution in [-0.4, -0.2) is 210 Å². The van der Waals surface area contributed by atoms with E-state index < -0.39 is 70.6 Å². The predicted molar refractivity (Wildman–Crippen MR) is 296 cm³/mol. The highest BCUT2D eigenvalue weighted by molar-refractivity contribution is 9.09. The number of nitrogens with zero attached hydrogens (tertiary/aromatic N) is 1. The number of ether oxygens (including phenoxy) is 9. The van der Waals surface area contributed by atoms with Crippen LogP contribution in [0.25, 0.3) is 0 Å². The van der Waals surface area contributed by atoms with Crippen molar-refractivity contribution in [1.29, 1.82) is 0 Å². The van der Waals surface area contributed by atoms with Gasteiger partial charge in [0.2, 0.25) is 5.78 Å². The molecule has 0 aromatic heterocycles. The van der Waals surface area contributed by atoms with E-state index in [1.165, 1.54) is 32.4 Å². The minimum absolute atomic E-state index is 0.00846. The zero-order valence-electron chi connectivity index (χ0n) is 45.7. The number of morpholine rings is 1. The molecule has 79 heavy (non-hydrogen) atoms. The first-order valence-electron chi connectivity index (χ1n) is 25.9. The minimum atomic E-state index is -2.12. The van der Waals surface area contributed by atoms with Crippen LogP contribution in [0.3, 0.4) is 0 Å². The number of halogens is 2. The summed E-state index contributed by atoms with van der Waals surface area (Å²) in [6, 6.07) is 4.48. The Morgan fingerprint density at radius 3 is 2.11 bits per heavy atom. The number of carbonyl (C=O) groups is 5. The van der Waals surface area contributed by atoms with Gasteiger partial charge in [0, 0.05) is 98.9 Å². The number of phenols is 2. The van der Waals surface area contributed by atoms with E-state index in [1.807, 2.05) is 14.0 Å². The van der Waals surface area contributed by atoms with Gasteiger partial charge in [0.25, 0.3) is 5.91 Å². The third kappa shape index (κ3) is 20.6. The smallest absolute Gasteiger partial charge is 0.266 e. The Labute approximate surface area is 478 Å². The molecule has 27 heteroatoms. The van der Waals surface area contributed by atoms with Crippen LogP contribution in [0.4, 0.5) is 0 Å². The van der Waals surface area contributed by atoms with Crippen molar-refractivity contribution in [3.05, 3.63) is 63.0 Å². The second-order valence-corrected chi connectivity index (χ2v) is 19.0. The van der Waals surface area contributed by atoms with Gasteiger partial charge < -0.3 is 88.7 Å². The lowest BCUT2D eigenvalue weighted by Crippen LogP contribution is -2.55. The number of phenolic OH excluding ortho intramolecular Hbond substituents is 2. The fraction of sp³-hybridized carbons (Fsp3) is 0.635. The first-order valence-corrected chi connectivity index (χ1v) is 28.1. The summed E-state index contributed by atoms with van der Waals surface area (Å²) in [6.07, 6.45) is 0.540. The molecule has 0 radical (unpaired) electrons. The van der Waals surface area contributed by atoms with Gasteiger partial charge in [0.05, 0.1) is 114 Å². The number of amides is 1. The molecule has 12 N–H and O–H groups in total. The lowest BCUT2D eigenvalue weighted by atomic mass is 9.72. The van der Waals surface area contributed by atoms with Gasteiger partial charge in [-0.15, -0.1) is 0 Å². The molecule has 2 aliphatic carbocycles. The minimum Gasteiger partial charge on any atom is -0.507 e. The Kier molecular flexibility index (Phi) is 32.9. The van der Waals surface area contributed by atoms with E-state index in [-0.39, 0.29) is 46.8 Å². The lowest BCUT2D eigenvalue weighted by molar-refractivity contribution is -0.258. The van der Waals surface area contributed by atoms with Crippen LogP contribution in [0, 0.1) is 0 Å². The van der Waals surface area contributed by atoms with Crippen LogP contribution in [0.1, 0.15) is 94.5 Å². The number of rotatable bonds is 29. The highest BCUT2D eigenvalue weighted by Gasteiger charge is 2.50. The number of benzene rings is 2. The summed E-state index contributed by atoms with van der Waals surface area (Å²) in [6.45, 7) is 9.54. The van der Waals surface area contributed by atoms with Crippen molar-refractivity contribution in [3.63, 3.8) is 0 Å². The molecule has 2 aromatic carbocycles. The Balaban J connectivity index is 0.000000397. The van der Waals surface area contributed by atoms with E-state index in [2.05, 4.69) is 53.3 Å². The fourth-order valence-corrected chi connectivity index (χ4v) is 9.65. The molecule has 446 valence electrons. The number of hydrogen-bond donors (Lipinski definition) is 10. The molecule has 2 heterocycles. The third-order valence-corrected chi connectivity index (χ3v) is 13.7. The lowest BCUT2D eigenvalue weighted by Gasteiger charge is -2.42. The average molecular weight is 1250 g/mol. The number of hydrogen-bond acceptors (Lipinski definition) is 24. The van der Waals surface area contributed by atoms with Gasteiger partial charge in [-0.25, -0.2) is 11.3 Å². The first-order chi connectivity index (χ1) is 38.2. The number of aromatic hydroxyl groups is 2. The Hall–Kier alpha value is -4.27. The molecule has 6 atom stereocenters. The number of methoxy groups -OCH3 is 1. The number of nitrogens with two attached hydrogens (primary N) is 2. The van der Waals surface area contributed by atoms with Crippen LogP contribution in [0.2, 0.25) is 0 Å². The van der Waals surface area contributed by atoms with Crippen molar-refractivity contribution in [2.75, 3.05) is 125 Å². The Morgan fingerprint density at radius 2 is 1.54 bits per heavy atom. The molecular weight excluding hydrogens is 1170 g/mol. The van der Waals surface area contributed by atoms with Crippen LogP contribution in [0.15, 0.2) is 29.6 Å². The topological polar surface area (TPSA) is 353 Å². The first kappa shape index (κ1) is 69.0. The van der Waals surface area contributed by atoms with Gasteiger partial charge in [-0.2, -0.15) is 0 Å². The molecular formula is C52H81Br2N7O18. The maximum absolute atomic E-state index is 13.8. The Morgan fingerprint density at radius 1 is 0.899 bits per heavy atom. The fourth-order valence-electron chi connectivity index (χ4n) is 8.64. The maximum Gasteiger partial charge on any atom is 0.266 e. The third-order valence-electron chi connectivity index (χ3n) is 12.6. The van der Waals surface area contributed by atoms with Crippen molar-refractivity contribution < 1.29 is 87.0 Å². The molecule has 2 aliphatic heterocycles. The summed E-state index contributed by atoms with van der Waals surface area (Å²) < 4.78 is 50.4. The number of aliphatic hydroxyl groups is 2. The van der Waals surface area contributed by atoms with Gasteiger partial charge in [-0.05, 0) is 32.9 Å². The monoisotopic (exact) mass is 1250 g/mol. The molecule has 2 fully saturated rings. The normalized spacial score (nSPS) is 21.4. The number of aldehydes is 2. The molecule has 2 aromatic rings. The number of hydrazine groups is 2. The number of carbonyl (C=O) groups excluding carboxylic acids is 5. The van der Waals surface area contributed by atoms with E-state index in [9.17, 15) is 39.3 Å². The van der Waals surface area contributed by atoms with Crippen LogP contribution in [-0.2, 0) is 58.7 Å². The summed E-state index contributed by atoms with van der Waals surface area (Å²) in [5, 5.41) is 50.9. The van der Waals surface area contributed by atoms with E-state index in [1.54, 1.807) is 5.01 Å². The zero-order chi connectivity index (χ0) is 58.3. The van der Waals surface area contributed by atoms with Crippen molar-refractivity contribution in [3.8, 4) is 17.2 Å². The van der Waals surface area contributed by atoms with Crippen molar-refractivity contribution in [2.24, 2.45) is 11.6 Å². The van der Waals surface area contributed by atoms with Crippen LogP contribution >= 0.6 is 31.9 Å². The van der Waals surface area contributed by atoms with Gasteiger partial charge in [0.1, 0.15) is 36.0 Å². The molecule has 0 spiro atoms. The van der Waals surface area contributed by atoms with E-state index in [0.29, 0.717) is 121 Å². The summed E-state index contributed by atoms with van der Waals surface area (Å²) in [7, 11) is 5.69. The number of fused-ring (bicyclic) bond motifs is 3. The standard InChI is InChI=1S/C31H37N3O11.C12H25NO5.C8H15Br2N3O.CH4O/c1-14-17(44-20-13-42-10-9-33-20)7-8-21(43-14)45-19-12-31(40,30(39)34-32-2)11-16-23(19)29(38)25-24(27(16)36)26(35)15-5-4-6-18(41-3)22(15)28(25)37;1-13-3-6-16-8-10-18-12-11-17-9-7-15-5-2-4-14;9-5-7(11)8(6-10)13(12)3-1-2-4-14;1-2/h4-6,14,17,19-21,32-33,36,38,40H,7-13H2,1-3H3,(H,34,39);4,13H,2-3,5-12H2,1H3;4H,1-3,5-6,11-12H2;2H,1H3/b;;8-7-;/t14-,17-,19-,20?,21?,31-;;;/m0.../s1. The summed E-state index contributed by atoms with van der Waals surface area (Å²) in [5.74, 6) is 2.46. The van der Waals surface area contributed by atoms with Gasteiger partial charge in [-0.3, -0.25) is 25.1 Å². The second-order valence-electron chi connectivity index (χ2n) is 17.9. The average Bonchev–Trinajstić information content (AvgIpc) is 3.55. The molecule has 6 rings (SSSR count). The quantitative estimate of drug-likeness (QED) is 0.0117. The van der Waals surface area contributed by atoms with E-state index >= 15 is 0 Å². The molecule has 0 saturated carbocycles. The summed E-state index contributed by atoms with van der Waals surface area (Å²) in [4.78, 5) is 60.7. The Bertz CT molecular complexity index is 2250. The largest absolute Gasteiger partial charge is 0.507 e. The summed E-state index contributed by atoms with van der Waals surface area (Å²) in [5.41, 5.74) is 9.06. The zero-order valence-corrected chi connectivity index (χ0v) is 48.9. The van der Waals surface area contributed by atoms with Crippen LogP contribution < -0.4 is 37.8 Å². The van der Waals surface area contributed by atoms with Gasteiger partial charge >= 0.3 is 0 Å². The number of ketones is 2. The van der Waals surface area contributed by atoms with Crippen molar-refractivity contribution >= 4 is 61.9 Å². The van der Waals surface area contributed by atoms with Crippen molar-refractivity contribution in [2.45, 2.75) is 88.3 Å². The maximum atomic E-state index is 13.8. The number of nitrogens with one attached hydrogen (secondary N) is 4. The highest BCUT2D eigenvalue weighted by atomic mass is 79.9. The predicted octanol–water partition coefficient (Wildman–Crippen LogP) is 1.29. The molecule has 0 bridgehead atoms. The van der Waals surface area contributed by atoms with E-state index in [4.69, 9.17) is 59.3 Å². The highest BCUT2D eigenvalue weighted by Crippen LogP contribution is 2.52. The summed E-state index contributed by atoms with van der Waals surface area (Å²) >= 11 is 6.58. The van der Waals surface area contributed by atoms with Gasteiger partial charge in [-0.1, -0.05) is 44.0 Å². The number of allylic oxidation sites excluding steroid dienone is 2. The molecule has 4 aliphatic rings.